The Morgan fingerprint density at radius 3 is 2.64 bits per heavy atom. The number of benzene rings is 2. The molecule has 2 aromatic carbocycles. The number of hydrogen-bond acceptors (Lipinski definition) is 4. The smallest absolute Gasteiger partial charge is 0.264 e. The van der Waals surface area contributed by atoms with Crippen molar-refractivity contribution in [2.24, 2.45) is 0 Å². The molecule has 144 valence electrons. The minimum absolute atomic E-state index is 0.0156. The molecule has 2 amide bonds. The Kier molecular flexibility index (Phi) is 5.24. The van der Waals surface area contributed by atoms with Crippen LogP contribution >= 0.6 is 11.8 Å². The van der Waals surface area contributed by atoms with E-state index >= 15 is 0 Å². The molecule has 0 bridgehead atoms. The third-order valence-electron chi connectivity index (χ3n) is 5.08. The number of fused-ring (bicyclic) bond motifs is 1. The van der Waals surface area contributed by atoms with Gasteiger partial charge in [-0.2, -0.15) is 0 Å². The summed E-state index contributed by atoms with van der Waals surface area (Å²) in [6, 6.07) is 13.6. The lowest BCUT2D eigenvalue weighted by Crippen LogP contribution is -2.40. The molecule has 0 aromatic heterocycles. The second kappa shape index (κ2) is 7.81. The molecule has 0 N–H and O–H groups in total. The van der Waals surface area contributed by atoms with Crippen LogP contribution in [0, 0.1) is 6.92 Å². The fourth-order valence-electron chi connectivity index (χ4n) is 3.37. The van der Waals surface area contributed by atoms with Gasteiger partial charge in [-0.3, -0.25) is 9.59 Å². The molecule has 28 heavy (non-hydrogen) atoms. The molecule has 2 aliphatic heterocycles. The summed E-state index contributed by atoms with van der Waals surface area (Å²) >= 11 is 1.45. The molecule has 2 aliphatic rings. The molecule has 1 fully saturated rings. The highest BCUT2D eigenvalue weighted by atomic mass is 32.2. The van der Waals surface area contributed by atoms with E-state index in [-0.39, 0.29) is 11.8 Å². The zero-order chi connectivity index (χ0) is 19.7. The Labute approximate surface area is 169 Å². The molecular formula is C22H22N2O3S. The number of carbonyl (C=O) groups is 2. The Morgan fingerprint density at radius 1 is 1.14 bits per heavy atom. The molecule has 5 nitrogen and oxygen atoms in total. The molecule has 0 atom stereocenters. The summed E-state index contributed by atoms with van der Waals surface area (Å²) in [6.45, 7) is 4.37. The Hall–Kier alpha value is -2.57. The number of morpholine rings is 1. The second-order valence-electron chi connectivity index (χ2n) is 6.92. The van der Waals surface area contributed by atoms with E-state index in [2.05, 4.69) is 0 Å². The molecule has 2 aromatic rings. The lowest BCUT2D eigenvalue weighted by Gasteiger charge is -2.29. The van der Waals surface area contributed by atoms with Crippen LogP contribution in [0.3, 0.4) is 0 Å². The number of ether oxygens (including phenoxy) is 1. The summed E-state index contributed by atoms with van der Waals surface area (Å²) < 4.78 is 5.32. The van der Waals surface area contributed by atoms with Crippen LogP contribution in [0.2, 0.25) is 0 Å². The van der Waals surface area contributed by atoms with Gasteiger partial charge in [0.15, 0.2) is 0 Å². The molecule has 0 aliphatic carbocycles. The molecule has 6 heteroatoms. The fourth-order valence-corrected chi connectivity index (χ4v) is 4.45. The largest absolute Gasteiger partial charge is 0.378 e. The Balaban J connectivity index is 1.63. The third-order valence-corrected chi connectivity index (χ3v) is 6.15. The highest BCUT2D eigenvalue weighted by Gasteiger charge is 2.28. The van der Waals surface area contributed by atoms with Gasteiger partial charge >= 0.3 is 0 Å². The normalized spacial score (nSPS) is 18.4. The number of amides is 2. The SMILES string of the molecule is Cc1ccccc1/C=C1\Sc2ccc(C(=O)N3CCOCC3)cc2N(C)C1=O. The van der Waals surface area contributed by atoms with Gasteiger partial charge in [-0.1, -0.05) is 36.0 Å². The average molecular weight is 394 g/mol. The quantitative estimate of drug-likeness (QED) is 0.731. The highest BCUT2D eigenvalue weighted by molar-refractivity contribution is 8.04. The maximum atomic E-state index is 12.9. The first kappa shape index (κ1) is 18.8. The predicted molar refractivity (Wildman–Crippen MR) is 112 cm³/mol. The van der Waals surface area contributed by atoms with Crippen LogP contribution in [0.5, 0.6) is 0 Å². The van der Waals surface area contributed by atoms with Crippen molar-refractivity contribution >= 4 is 35.3 Å². The van der Waals surface area contributed by atoms with E-state index in [0.29, 0.717) is 36.8 Å². The van der Waals surface area contributed by atoms with Crippen molar-refractivity contribution in [3.05, 3.63) is 64.1 Å². The molecule has 0 spiro atoms. The topological polar surface area (TPSA) is 49.9 Å². The van der Waals surface area contributed by atoms with Crippen LogP contribution in [-0.4, -0.2) is 50.1 Å². The predicted octanol–water partition coefficient (Wildman–Crippen LogP) is 3.58. The van der Waals surface area contributed by atoms with Crippen LogP contribution < -0.4 is 4.90 Å². The third kappa shape index (κ3) is 3.57. The van der Waals surface area contributed by atoms with E-state index in [1.807, 2.05) is 55.5 Å². The first-order chi connectivity index (χ1) is 13.5. The van der Waals surface area contributed by atoms with Gasteiger partial charge in [0.25, 0.3) is 11.8 Å². The van der Waals surface area contributed by atoms with E-state index in [4.69, 9.17) is 4.74 Å². The second-order valence-corrected chi connectivity index (χ2v) is 8.00. The van der Waals surface area contributed by atoms with Crippen molar-refractivity contribution < 1.29 is 14.3 Å². The lowest BCUT2D eigenvalue weighted by atomic mass is 10.1. The van der Waals surface area contributed by atoms with E-state index in [1.54, 1.807) is 16.8 Å². The van der Waals surface area contributed by atoms with Crippen LogP contribution in [-0.2, 0) is 9.53 Å². The van der Waals surface area contributed by atoms with Crippen molar-refractivity contribution in [1.82, 2.24) is 4.90 Å². The van der Waals surface area contributed by atoms with Crippen molar-refractivity contribution in [1.29, 1.82) is 0 Å². The van der Waals surface area contributed by atoms with E-state index < -0.39 is 0 Å². The van der Waals surface area contributed by atoms with Gasteiger partial charge in [-0.25, -0.2) is 0 Å². The Morgan fingerprint density at radius 2 is 1.89 bits per heavy atom. The molecular weight excluding hydrogens is 372 g/mol. The fraction of sp³-hybridized carbons (Fsp3) is 0.273. The first-order valence-electron chi connectivity index (χ1n) is 9.29. The summed E-state index contributed by atoms with van der Waals surface area (Å²) in [5.41, 5.74) is 3.54. The molecule has 0 unspecified atom stereocenters. The number of likely N-dealkylation sites (N-methyl/N-ethyl adjacent to an activating group) is 1. The summed E-state index contributed by atoms with van der Waals surface area (Å²) in [5, 5.41) is 0. The summed E-state index contributed by atoms with van der Waals surface area (Å²) in [7, 11) is 1.76. The summed E-state index contributed by atoms with van der Waals surface area (Å²) in [4.78, 5) is 30.8. The van der Waals surface area contributed by atoms with E-state index in [0.717, 1.165) is 21.7 Å². The monoisotopic (exact) mass is 394 g/mol. The van der Waals surface area contributed by atoms with Crippen molar-refractivity contribution in [2.45, 2.75) is 11.8 Å². The molecule has 0 radical (unpaired) electrons. The van der Waals surface area contributed by atoms with Crippen LogP contribution in [0.15, 0.2) is 52.3 Å². The molecule has 0 saturated carbocycles. The van der Waals surface area contributed by atoms with Crippen molar-refractivity contribution in [2.75, 3.05) is 38.3 Å². The zero-order valence-electron chi connectivity index (χ0n) is 16.0. The van der Waals surface area contributed by atoms with Crippen molar-refractivity contribution in [3.63, 3.8) is 0 Å². The first-order valence-corrected chi connectivity index (χ1v) is 10.1. The van der Waals surface area contributed by atoms with Gasteiger partial charge in [-0.05, 0) is 42.3 Å². The van der Waals surface area contributed by atoms with E-state index in [9.17, 15) is 9.59 Å². The number of nitrogens with zero attached hydrogens (tertiary/aromatic N) is 2. The van der Waals surface area contributed by atoms with Crippen molar-refractivity contribution in [3.8, 4) is 0 Å². The van der Waals surface area contributed by atoms with Gasteiger partial charge in [0.05, 0.1) is 23.8 Å². The van der Waals surface area contributed by atoms with Gasteiger partial charge < -0.3 is 14.5 Å². The lowest BCUT2D eigenvalue weighted by molar-refractivity contribution is -0.114. The number of rotatable bonds is 2. The molecule has 2 heterocycles. The maximum absolute atomic E-state index is 12.9. The number of anilines is 1. The van der Waals surface area contributed by atoms with Crippen LogP contribution in [0.4, 0.5) is 5.69 Å². The number of thioether (sulfide) groups is 1. The number of aryl methyl sites for hydroxylation is 1. The van der Waals surface area contributed by atoms with E-state index in [1.165, 1.54) is 11.8 Å². The average Bonchev–Trinajstić information content (AvgIpc) is 2.73. The minimum atomic E-state index is -0.0586. The zero-order valence-corrected chi connectivity index (χ0v) is 16.8. The number of carbonyl (C=O) groups excluding carboxylic acids is 2. The molecule has 1 saturated heterocycles. The van der Waals surface area contributed by atoms with Crippen LogP contribution in [0.25, 0.3) is 6.08 Å². The van der Waals surface area contributed by atoms with Gasteiger partial charge in [-0.15, -0.1) is 0 Å². The molecule has 4 rings (SSSR count). The minimum Gasteiger partial charge on any atom is -0.378 e. The van der Waals surface area contributed by atoms with Gasteiger partial charge in [0, 0.05) is 30.6 Å². The maximum Gasteiger partial charge on any atom is 0.264 e. The van der Waals surface area contributed by atoms with Gasteiger partial charge in [0.2, 0.25) is 0 Å². The van der Waals surface area contributed by atoms with Gasteiger partial charge in [0.1, 0.15) is 0 Å². The summed E-state index contributed by atoms with van der Waals surface area (Å²) in [6.07, 6.45) is 1.94. The number of hydrogen-bond donors (Lipinski definition) is 0. The highest BCUT2D eigenvalue weighted by Crippen LogP contribution is 2.42. The Bertz CT molecular complexity index is 964. The summed E-state index contributed by atoms with van der Waals surface area (Å²) in [5.74, 6) is -0.0741. The standard InChI is InChI=1S/C22H22N2O3S/c1-15-5-3-4-6-16(15)14-20-22(26)23(2)18-13-17(7-8-19(18)28-20)21(25)24-9-11-27-12-10-24/h3-8,13-14H,9-12H2,1-2H3/b20-14-. The van der Waals surface area contributed by atoms with Crippen LogP contribution in [0.1, 0.15) is 21.5 Å².